The van der Waals surface area contributed by atoms with Crippen LogP contribution in [-0.4, -0.2) is 15.0 Å². The molecule has 246 valence electrons. The van der Waals surface area contributed by atoms with Gasteiger partial charge in [0.15, 0.2) is 17.5 Å². The van der Waals surface area contributed by atoms with Gasteiger partial charge in [-0.3, -0.25) is 0 Å². The molecule has 0 atom stereocenters. The lowest BCUT2D eigenvalue weighted by atomic mass is 9.82. The zero-order valence-electron chi connectivity index (χ0n) is 28.8. The van der Waals surface area contributed by atoms with Crippen LogP contribution >= 0.6 is 0 Å². The van der Waals surface area contributed by atoms with Crippen molar-refractivity contribution < 1.29 is 4.42 Å². The first-order valence-electron chi connectivity index (χ1n) is 17.7. The number of fused-ring (bicyclic) bond motifs is 6. The fourth-order valence-corrected chi connectivity index (χ4v) is 8.05. The van der Waals surface area contributed by atoms with Crippen LogP contribution in [0, 0.1) is 0 Å². The Kier molecular flexibility index (Phi) is 6.80. The SMILES string of the molecule is CC1(C)c2ccccc2-c2c(-c3nc(-c4ccccc4)nc(-c4cc5oc6cccc(-c7ccccc7)c6c5cc4-c4ccccc4)n3)cccc21. The fraction of sp³-hybridized carbons (Fsp3) is 0.0625. The average molecular weight is 668 g/mol. The highest BCUT2D eigenvalue weighted by Gasteiger charge is 2.37. The molecule has 0 spiro atoms. The van der Waals surface area contributed by atoms with Gasteiger partial charge in [0.2, 0.25) is 0 Å². The topological polar surface area (TPSA) is 51.8 Å². The van der Waals surface area contributed by atoms with Crippen LogP contribution in [0.1, 0.15) is 25.0 Å². The molecular weight excluding hydrogens is 635 g/mol. The third-order valence-corrected chi connectivity index (χ3v) is 10.6. The molecule has 0 fully saturated rings. The third kappa shape index (κ3) is 4.72. The van der Waals surface area contributed by atoms with Gasteiger partial charge < -0.3 is 4.42 Å². The van der Waals surface area contributed by atoms with E-state index in [1.165, 1.54) is 22.3 Å². The minimum absolute atomic E-state index is 0.147. The number of benzene rings is 7. The average Bonchev–Trinajstić information content (AvgIpc) is 3.69. The van der Waals surface area contributed by atoms with E-state index in [9.17, 15) is 0 Å². The summed E-state index contributed by atoms with van der Waals surface area (Å²) in [5, 5.41) is 2.14. The van der Waals surface area contributed by atoms with Crippen LogP contribution in [-0.2, 0) is 5.41 Å². The molecule has 9 aromatic rings. The maximum Gasteiger partial charge on any atom is 0.164 e. The number of furan rings is 1. The highest BCUT2D eigenvalue weighted by Crippen LogP contribution is 2.52. The summed E-state index contributed by atoms with van der Waals surface area (Å²) in [5.74, 6) is 1.86. The Morgan fingerprint density at radius 1 is 0.404 bits per heavy atom. The zero-order chi connectivity index (χ0) is 34.8. The molecule has 0 radical (unpaired) electrons. The van der Waals surface area contributed by atoms with Crippen molar-refractivity contribution >= 4 is 21.9 Å². The van der Waals surface area contributed by atoms with Gasteiger partial charge in [-0.05, 0) is 62.7 Å². The van der Waals surface area contributed by atoms with Crippen molar-refractivity contribution in [2.45, 2.75) is 19.3 Å². The molecule has 0 saturated heterocycles. The number of aromatic nitrogens is 3. The zero-order valence-corrected chi connectivity index (χ0v) is 28.8. The van der Waals surface area contributed by atoms with E-state index in [4.69, 9.17) is 19.4 Å². The van der Waals surface area contributed by atoms with E-state index in [1.807, 2.05) is 36.4 Å². The van der Waals surface area contributed by atoms with Gasteiger partial charge in [-0.1, -0.05) is 159 Å². The molecule has 52 heavy (non-hydrogen) atoms. The highest BCUT2D eigenvalue weighted by molar-refractivity contribution is 6.14. The molecule has 0 N–H and O–H groups in total. The lowest BCUT2D eigenvalue weighted by molar-refractivity contribution is 0.660. The van der Waals surface area contributed by atoms with E-state index < -0.39 is 0 Å². The molecule has 0 unspecified atom stereocenters. The molecule has 0 bridgehead atoms. The predicted molar refractivity (Wildman–Crippen MR) is 212 cm³/mol. The van der Waals surface area contributed by atoms with E-state index in [1.54, 1.807) is 0 Å². The second kappa shape index (κ2) is 11.7. The molecule has 1 aliphatic carbocycles. The summed E-state index contributed by atoms with van der Waals surface area (Å²) >= 11 is 0. The van der Waals surface area contributed by atoms with Gasteiger partial charge in [-0.15, -0.1) is 0 Å². The largest absolute Gasteiger partial charge is 0.456 e. The highest BCUT2D eigenvalue weighted by atomic mass is 16.3. The Morgan fingerprint density at radius 3 is 1.67 bits per heavy atom. The van der Waals surface area contributed by atoms with Crippen LogP contribution in [0.3, 0.4) is 0 Å². The summed E-state index contributed by atoms with van der Waals surface area (Å²) in [6.45, 7) is 4.60. The molecule has 1 aliphatic rings. The van der Waals surface area contributed by atoms with Gasteiger partial charge in [0.25, 0.3) is 0 Å². The lowest BCUT2D eigenvalue weighted by Gasteiger charge is -2.21. The van der Waals surface area contributed by atoms with Gasteiger partial charge in [-0.25, -0.2) is 15.0 Å². The second-order valence-corrected chi connectivity index (χ2v) is 14.0. The second-order valence-electron chi connectivity index (χ2n) is 14.0. The van der Waals surface area contributed by atoms with Crippen molar-refractivity contribution in [1.29, 1.82) is 0 Å². The molecule has 4 heteroatoms. The summed E-state index contributed by atoms with van der Waals surface area (Å²) in [4.78, 5) is 15.8. The standard InChI is InChI=1S/C48H33N3O/c1-48(2)39-25-13-12-22-34(39)43-35(24-14-26-40(43)48)46-49-45(32-20-10-5-11-21-32)50-47(51-46)37-29-42-38(28-36(37)31-18-8-4-9-19-31)44-33(23-15-27-41(44)52-42)30-16-6-3-7-17-30/h3-29H,1-2H3. The molecular formula is C48H33N3O. The summed E-state index contributed by atoms with van der Waals surface area (Å²) < 4.78 is 6.65. The van der Waals surface area contributed by atoms with Crippen molar-refractivity contribution in [1.82, 2.24) is 15.0 Å². The fourth-order valence-electron chi connectivity index (χ4n) is 8.05. The van der Waals surface area contributed by atoms with Gasteiger partial charge in [0.05, 0.1) is 0 Å². The van der Waals surface area contributed by atoms with E-state index >= 15 is 0 Å². The molecule has 10 rings (SSSR count). The van der Waals surface area contributed by atoms with E-state index in [2.05, 4.69) is 141 Å². The summed E-state index contributed by atoms with van der Waals surface area (Å²) in [6.07, 6.45) is 0. The lowest BCUT2D eigenvalue weighted by Crippen LogP contribution is -2.14. The number of hydrogen-bond donors (Lipinski definition) is 0. The van der Waals surface area contributed by atoms with Crippen molar-refractivity contribution in [3.63, 3.8) is 0 Å². The Morgan fingerprint density at radius 2 is 0.942 bits per heavy atom. The molecule has 0 saturated carbocycles. The number of hydrogen-bond acceptors (Lipinski definition) is 4. The molecule has 2 aromatic heterocycles. The van der Waals surface area contributed by atoms with Crippen LogP contribution in [0.4, 0.5) is 0 Å². The number of nitrogens with zero attached hydrogens (tertiary/aromatic N) is 3. The van der Waals surface area contributed by atoms with Gasteiger partial charge in [-0.2, -0.15) is 0 Å². The first-order valence-corrected chi connectivity index (χ1v) is 17.7. The van der Waals surface area contributed by atoms with Crippen molar-refractivity contribution in [2.24, 2.45) is 0 Å². The maximum atomic E-state index is 6.65. The molecule has 0 aliphatic heterocycles. The summed E-state index contributed by atoms with van der Waals surface area (Å²) in [5.41, 5.74) is 13.7. The minimum atomic E-state index is -0.147. The van der Waals surface area contributed by atoms with Crippen LogP contribution in [0.2, 0.25) is 0 Å². The Labute approximate surface area is 302 Å². The van der Waals surface area contributed by atoms with E-state index in [0.29, 0.717) is 17.5 Å². The first-order chi connectivity index (χ1) is 25.5. The normalized spacial score (nSPS) is 13.0. The molecule has 4 nitrogen and oxygen atoms in total. The first kappa shape index (κ1) is 30.2. The molecule has 7 aromatic carbocycles. The summed E-state index contributed by atoms with van der Waals surface area (Å²) in [7, 11) is 0. The van der Waals surface area contributed by atoms with E-state index in [-0.39, 0.29) is 5.41 Å². The molecule has 0 amide bonds. The monoisotopic (exact) mass is 667 g/mol. The van der Waals surface area contributed by atoms with Gasteiger partial charge >= 0.3 is 0 Å². The maximum absolute atomic E-state index is 6.65. The Hall–Kier alpha value is -6.65. The Bertz CT molecular complexity index is 2800. The minimum Gasteiger partial charge on any atom is -0.456 e. The van der Waals surface area contributed by atoms with Gasteiger partial charge in [0, 0.05) is 32.9 Å². The van der Waals surface area contributed by atoms with Gasteiger partial charge in [0.1, 0.15) is 11.2 Å². The third-order valence-electron chi connectivity index (χ3n) is 10.6. The summed E-state index contributed by atoms with van der Waals surface area (Å²) in [6, 6.07) is 57.1. The van der Waals surface area contributed by atoms with Crippen LogP contribution in [0.25, 0.3) is 89.5 Å². The van der Waals surface area contributed by atoms with Crippen molar-refractivity contribution in [2.75, 3.05) is 0 Å². The van der Waals surface area contributed by atoms with Crippen LogP contribution in [0.5, 0.6) is 0 Å². The van der Waals surface area contributed by atoms with Crippen LogP contribution < -0.4 is 0 Å². The van der Waals surface area contributed by atoms with Crippen LogP contribution in [0.15, 0.2) is 168 Å². The quantitative estimate of drug-likeness (QED) is 0.183. The van der Waals surface area contributed by atoms with Crippen molar-refractivity contribution in [3.8, 4) is 67.5 Å². The predicted octanol–water partition coefficient (Wildman–Crippen LogP) is 12.4. The van der Waals surface area contributed by atoms with Crippen molar-refractivity contribution in [3.05, 3.63) is 175 Å². The molecule has 2 heterocycles. The number of rotatable bonds is 5. The van der Waals surface area contributed by atoms with E-state index in [0.717, 1.165) is 60.9 Å². The smallest absolute Gasteiger partial charge is 0.164 e. The Balaban J connectivity index is 1.26.